The second kappa shape index (κ2) is 5.28. The maximum absolute atomic E-state index is 11.8. The van der Waals surface area contributed by atoms with E-state index in [9.17, 15) is 19.2 Å². The van der Waals surface area contributed by atoms with Gasteiger partial charge in [-0.1, -0.05) is 0 Å². The molecule has 3 amide bonds. The lowest BCUT2D eigenvalue weighted by Crippen LogP contribution is -2.49. The fourth-order valence-electron chi connectivity index (χ4n) is 1.58. The van der Waals surface area contributed by atoms with E-state index in [0.29, 0.717) is 6.42 Å². The molecule has 1 saturated heterocycles. The number of nitrogens with one attached hydrogen (secondary N) is 1. The zero-order valence-corrected chi connectivity index (χ0v) is 9.01. The lowest BCUT2D eigenvalue weighted by Gasteiger charge is -2.22. The maximum atomic E-state index is 11.8. The summed E-state index contributed by atoms with van der Waals surface area (Å²) in [4.78, 5) is 44.8. The third kappa shape index (κ3) is 3.74. The molecule has 1 unspecified atom stereocenters. The predicted octanol–water partition coefficient (Wildman–Crippen LogP) is -2.34. The van der Waals surface area contributed by atoms with Crippen LogP contribution < -0.4 is 11.1 Å². The highest BCUT2D eigenvalue weighted by atomic mass is 16.4. The number of amides is 3. The largest absolute Gasteiger partial charge is 0.480 e. The van der Waals surface area contributed by atoms with Crippen molar-refractivity contribution in [1.82, 2.24) is 10.2 Å². The molecule has 8 heteroatoms. The molecule has 0 aromatic rings. The summed E-state index contributed by atoms with van der Waals surface area (Å²) in [5.41, 5.74) is 4.92. The van der Waals surface area contributed by atoms with Crippen LogP contribution in [0.3, 0.4) is 0 Å². The number of carbonyl (C=O) groups excluding carboxylic acids is 3. The first kappa shape index (κ1) is 12.9. The quantitative estimate of drug-likeness (QED) is 0.498. The van der Waals surface area contributed by atoms with Gasteiger partial charge in [-0.05, 0) is 6.42 Å². The van der Waals surface area contributed by atoms with E-state index >= 15 is 0 Å². The molecular formula is C9H13N3O5. The van der Waals surface area contributed by atoms with Crippen LogP contribution in [0.1, 0.15) is 12.8 Å². The lowest BCUT2D eigenvalue weighted by molar-refractivity contribution is -0.146. The van der Waals surface area contributed by atoms with Crippen molar-refractivity contribution in [2.75, 3.05) is 13.1 Å². The Labute approximate surface area is 96.7 Å². The second-order valence-electron chi connectivity index (χ2n) is 3.71. The molecule has 1 heterocycles. The molecule has 0 aromatic heterocycles. The molecule has 94 valence electrons. The van der Waals surface area contributed by atoms with E-state index in [1.807, 2.05) is 0 Å². The van der Waals surface area contributed by atoms with Gasteiger partial charge in [-0.15, -0.1) is 0 Å². The Morgan fingerprint density at radius 1 is 1.41 bits per heavy atom. The highest BCUT2D eigenvalue weighted by molar-refractivity contribution is 5.94. The van der Waals surface area contributed by atoms with Gasteiger partial charge in [0.25, 0.3) is 0 Å². The molecule has 0 aromatic carbocycles. The highest BCUT2D eigenvalue weighted by Crippen LogP contribution is 2.09. The van der Waals surface area contributed by atoms with E-state index in [2.05, 4.69) is 5.32 Å². The molecule has 1 fully saturated rings. The van der Waals surface area contributed by atoms with Crippen LogP contribution in [0.25, 0.3) is 0 Å². The number of carboxylic acids is 1. The zero-order chi connectivity index (χ0) is 13.0. The molecule has 0 saturated carbocycles. The van der Waals surface area contributed by atoms with Crippen LogP contribution in [0.5, 0.6) is 0 Å². The SMILES string of the molecule is NC(=O)CN(CC(=O)O)C(=O)C1CCC(=O)N1. The van der Waals surface area contributed by atoms with E-state index in [1.54, 1.807) is 0 Å². The number of primary amides is 1. The van der Waals surface area contributed by atoms with Crippen molar-refractivity contribution in [1.29, 1.82) is 0 Å². The Hall–Kier alpha value is -2.12. The molecule has 1 atom stereocenters. The van der Waals surface area contributed by atoms with Crippen LogP contribution in [0, 0.1) is 0 Å². The minimum absolute atomic E-state index is 0.216. The van der Waals surface area contributed by atoms with Crippen LogP contribution >= 0.6 is 0 Å². The molecule has 1 rings (SSSR count). The molecule has 17 heavy (non-hydrogen) atoms. The molecule has 0 spiro atoms. The van der Waals surface area contributed by atoms with Crippen LogP contribution in [-0.4, -0.2) is 52.8 Å². The van der Waals surface area contributed by atoms with Gasteiger partial charge in [-0.3, -0.25) is 19.2 Å². The summed E-state index contributed by atoms with van der Waals surface area (Å²) in [6.45, 7) is -1.09. The van der Waals surface area contributed by atoms with Crippen molar-refractivity contribution in [3.63, 3.8) is 0 Å². The number of hydrogen-bond acceptors (Lipinski definition) is 4. The molecule has 1 aliphatic heterocycles. The van der Waals surface area contributed by atoms with Gasteiger partial charge in [0.1, 0.15) is 19.1 Å². The first-order chi connectivity index (χ1) is 7.90. The van der Waals surface area contributed by atoms with Gasteiger partial charge in [0, 0.05) is 6.42 Å². The summed E-state index contributed by atoms with van der Waals surface area (Å²) in [6, 6.07) is -0.763. The lowest BCUT2D eigenvalue weighted by atomic mass is 10.2. The van der Waals surface area contributed by atoms with Crippen molar-refractivity contribution < 1.29 is 24.3 Å². The number of hydrogen-bond donors (Lipinski definition) is 3. The predicted molar refractivity (Wildman–Crippen MR) is 54.6 cm³/mol. The zero-order valence-electron chi connectivity index (χ0n) is 9.01. The minimum atomic E-state index is -1.25. The summed E-state index contributed by atoms with van der Waals surface area (Å²) in [7, 11) is 0. The minimum Gasteiger partial charge on any atom is -0.480 e. The van der Waals surface area contributed by atoms with Crippen molar-refractivity contribution in [2.45, 2.75) is 18.9 Å². The number of carbonyl (C=O) groups is 4. The van der Waals surface area contributed by atoms with Gasteiger partial charge in [-0.2, -0.15) is 0 Å². The average molecular weight is 243 g/mol. The monoisotopic (exact) mass is 243 g/mol. The summed E-state index contributed by atoms with van der Waals surface area (Å²) in [5.74, 6) is -2.91. The highest BCUT2D eigenvalue weighted by Gasteiger charge is 2.32. The van der Waals surface area contributed by atoms with Crippen LogP contribution in [-0.2, 0) is 19.2 Å². The Balaban J connectivity index is 2.67. The molecule has 0 bridgehead atoms. The molecule has 4 N–H and O–H groups in total. The molecule has 0 aliphatic carbocycles. The van der Waals surface area contributed by atoms with Crippen LogP contribution in [0.15, 0.2) is 0 Å². The number of nitrogens with two attached hydrogens (primary N) is 1. The Morgan fingerprint density at radius 2 is 2.06 bits per heavy atom. The van der Waals surface area contributed by atoms with Gasteiger partial charge in [0.2, 0.25) is 17.7 Å². The Bertz CT molecular complexity index is 352. The summed E-state index contributed by atoms with van der Waals surface area (Å²) in [6.07, 6.45) is 0.514. The Kier molecular flexibility index (Phi) is 4.02. The molecule has 1 aliphatic rings. The summed E-state index contributed by atoms with van der Waals surface area (Å²) in [5, 5.41) is 11.0. The van der Waals surface area contributed by atoms with Gasteiger partial charge in [0.05, 0.1) is 0 Å². The fraction of sp³-hybridized carbons (Fsp3) is 0.556. The van der Waals surface area contributed by atoms with Gasteiger partial charge >= 0.3 is 5.97 Å². The van der Waals surface area contributed by atoms with E-state index in [-0.39, 0.29) is 12.3 Å². The van der Waals surface area contributed by atoms with E-state index in [0.717, 1.165) is 4.90 Å². The smallest absolute Gasteiger partial charge is 0.323 e. The average Bonchev–Trinajstić information content (AvgIpc) is 2.61. The van der Waals surface area contributed by atoms with Crippen molar-refractivity contribution in [3.05, 3.63) is 0 Å². The summed E-state index contributed by atoms with van der Waals surface area (Å²) < 4.78 is 0. The first-order valence-corrected chi connectivity index (χ1v) is 4.98. The third-order valence-electron chi connectivity index (χ3n) is 2.28. The van der Waals surface area contributed by atoms with Gasteiger partial charge in [-0.25, -0.2) is 0 Å². The van der Waals surface area contributed by atoms with Crippen LogP contribution in [0.4, 0.5) is 0 Å². The van der Waals surface area contributed by atoms with Gasteiger partial charge in [0.15, 0.2) is 0 Å². The van der Waals surface area contributed by atoms with E-state index < -0.39 is 36.9 Å². The number of nitrogens with zero attached hydrogens (tertiary/aromatic N) is 1. The topological polar surface area (TPSA) is 130 Å². The molecular weight excluding hydrogens is 230 g/mol. The third-order valence-corrected chi connectivity index (χ3v) is 2.28. The maximum Gasteiger partial charge on any atom is 0.323 e. The molecule has 0 radical (unpaired) electrons. The molecule has 8 nitrogen and oxygen atoms in total. The van der Waals surface area contributed by atoms with Crippen LogP contribution in [0.2, 0.25) is 0 Å². The van der Waals surface area contributed by atoms with E-state index in [4.69, 9.17) is 10.8 Å². The standard InChI is InChI=1S/C9H13N3O5/c10-6(13)3-12(4-8(15)16)9(17)5-1-2-7(14)11-5/h5H,1-4H2,(H2,10,13)(H,11,14)(H,15,16). The number of carboxylic acid groups (broad SMARTS) is 1. The van der Waals surface area contributed by atoms with Crippen molar-refractivity contribution in [3.8, 4) is 0 Å². The van der Waals surface area contributed by atoms with E-state index in [1.165, 1.54) is 0 Å². The second-order valence-corrected chi connectivity index (χ2v) is 3.71. The van der Waals surface area contributed by atoms with Crippen molar-refractivity contribution in [2.24, 2.45) is 5.73 Å². The normalized spacial score (nSPS) is 18.6. The summed E-state index contributed by atoms with van der Waals surface area (Å²) >= 11 is 0. The fourth-order valence-corrected chi connectivity index (χ4v) is 1.58. The van der Waals surface area contributed by atoms with Gasteiger partial charge < -0.3 is 21.1 Å². The van der Waals surface area contributed by atoms with Crippen molar-refractivity contribution >= 4 is 23.7 Å². The number of aliphatic carboxylic acids is 1. The first-order valence-electron chi connectivity index (χ1n) is 4.98. The number of rotatable bonds is 5. The Morgan fingerprint density at radius 3 is 2.47 bits per heavy atom.